The van der Waals surface area contributed by atoms with E-state index in [1.807, 2.05) is 37.3 Å². The molecule has 0 atom stereocenters. The van der Waals surface area contributed by atoms with Crippen molar-refractivity contribution >= 4 is 11.9 Å². The van der Waals surface area contributed by atoms with Gasteiger partial charge in [-0.15, -0.1) is 0 Å². The maximum absolute atomic E-state index is 12.6. The lowest BCUT2D eigenvalue weighted by atomic mass is 10.0. The Kier molecular flexibility index (Phi) is 4.54. The summed E-state index contributed by atoms with van der Waals surface area (Å²) in [5.74, 6) is -1.41. The number of carboxylic acid groups (broad SMARTS) is 1. The van der Waals surface area contributed by atoms with Crippen molar-refractivity contribution in [3.05, 3.63) is 53.3 Å². The molecule has 0 spiro atoms. The topological polar surface area (TPSA) is 75.4 Å². The van der Waals surface area contributed by atoms with Gasteiger partial charge in [-0.25, -0.2) is 4.79 Å². The average molecular weight is 315 g/mol. The number of carboxylic acids is 1. The van der Waals surface area contributed by atoms with E-state index in [4.69, 9.17) is 0 Å². The lowest BCUT2D eigenvalue weighted by Crippen LogP contribution is -2.50. The highest BCUT2D eigenvalue weighted by atomic mass is 16.4. The minimum absolute atomic E-state index is 0.353. The van der Waals surface area contributed by atoms with E-state index in [-0.39, 0.29) is 5.91 Å². The smallest absolute Gasteiger partial charge is 0.329 e. The zero-order valence-corrected chi connectivity index (χ0v) is 13.8. The van der Waals surface area contributed by atoms with Gasteiger partial charge in [-0.05, 0) is 26.3 Å². The molecule has 23 heavy (non-hydrogen) atoms. The highest BCUT2D eigenvalue weighted by molar-refractivity contribution is 5.98. The number of carbonyl (C=O) groups excluding carboxylic acids is 1. The average Bonchev–Trinajstić information content (AvgIpc) is 2.87. The molecule has 0 unspecified atom stereocenters. The number of likely N-dealkylation sites (N-methyl/N-ethyl adjacent to an activating group) is 1. The van der Waals surface area contributed by atoms with E-state index in [0.717, 1.165) is 5.56 Å². The maximum Gasteiger partial charge on any atom is 0.329 e. The quantitative estimate of drug-likeness (QED) is 0.917. The first kappa shape index (κ1) is 16.7. The Bertz CT molecular complexity index is 720. The molecule has 1 N–H and O–H groups in total. The first-order valence-corrected chi connectivity index (χ1v) is 7.33. The molecule has 0 aliphatic carbocycles. The monoisotopic (exact) mass is 315 g/mol. The van der Waals surface area contributed by atoms with Gasteiger partial charge < -0.3 is 10.0 Å². The Morgan fingerprint density at radius 3 is 2.43 bits per heavy atom. The van der Waals surface area contributed by atoms with Gasteiger partial charge in [0.25, 0.3) is 5.91 Å². The largest absolute Gasteiger partial charge is 0.480 e. The van der Waals surface area contributed by atoms with Gasteiger partial charge in [0.1, 0.15) is 5.54 Å². The second-order valence-electron chi connectivity index (χ2n) is 6.02. The van der Waals surface area contributed by atoms with Crippen molar-refractivity contribution in [1.82, 2.24) is 14.7 Å². The summed E-state index contributed by atoms with van der Waals surface area (Å²) in [6, 6.07) is 9.81. The van der Waals surface area contributed by atoms with Crippen molar-refractivity contribution in [2.75, 3.05) is 7.05 Å². The van der Waals surface area contributed by atoms with Crippen LogP contribution in [-0.2, 0) is 11.3 Å². The van der Waals surface area contributed by atoms with Crippen LogP contribution in [0.2, 0.25) is 0 Å². The summed E-state index contributed by atoms with van der Waals surface area (Å²) in [5, 5.41) is 13.5. The van der Waals surface area contributed by atoms with Crippen LogP contribution in [0.1, 0.15) is 35.5 Å². The fraction of sp³-hybridized carbons (Fsp3) is 0.353. The third kappa shape index (κ3) is 3.26. The second-order valence-corrected chi connectivity index (χ2v) is 6.02. The van der Waals surface area contributed by atoms with Gasteiger partial charge in [0.2, 0.25) is 0 Å². The number of amides is 1. The van der Waals surface area contributed by atoms with Gasteiger partial charge in [-0.2, -0.15) is 5.10 Å². The van der Waals surface area contributed by atoms with E-state index in [2.05, 4.69) is 5.10 Å². The predicted octanol–water partition coefficient (Wildman–Crippen LogP) is 2.18. The summed E-state index contributed by atoms with van der Waals surface area (Å²) >= 11 is 0. The Morgan fingerprint density at radius 1 is 1.26 bits per heavy atom. The fourth-order valence-corrected chi connectivity index (χ4v) is 2.15. The van der Waals surface area contributed by atoms with Gasteiger partial charge in [-0.3, -0.25) is 9.48 Å². The lowest BCUT2D eigenvalue weighted by Gasteiger charge is -2.31. The first-order chi connectivity index (χ1) is 10.7. The Labute approximate surface area is 135 Å². The second kappa shape index (κ2) is 6.24. The van der Waals surface area contributed by atoms with E-state index >= 15 is 0 Å². The number of benzene rings is 1. The summed E-state index contributed by atoms with van der Waals surface area (Å²) in [5.41, 5.74) is 0.923. The summed E-state index contributed by atoms with van der Waals surface area (Å²) < 4.78 is 1.74. The number of aliphatic carboxylic acids is 1. The van der Waals surface area contributed by atoms with Crippen LogP contribution in [0.5, 0.6) is 0 Å². The number of carbonyl (C=O) groups is 2. The van der Waals surface area contributed by atoms with Crippen molar-refractivity contribution in [2.45, 2.75) is 32.9 Å². The van der Waals surface area contributed by atoms with E-state index in [0.29, 0.717) is 17.8 Å². The van der Waals surface area contributed by atoms with Gasteiger partial charge in [0, 0.05) is 12.7 Å². The van der Waals surface area contributed by atoms with E-state index in [9.17, 15) is 14.7 Å². The molecule has 0 saturated heterocycles. The minimum Gasteiger partial charge on any atom is -0.480 e. The molecule has 0 aliphatic heterocycles. The van der Waals surface area contributed by atoms with Crippen molar-refractivity contribution < 1.29 is 14.7 Å². The zero-order valence-electron chi connectivity index (χ0n) is 13.8. The molecule has 0 saturated carbocycles. The van der Waals surface area contributed by atoms with Gasteiger partial charge >= 0.3 is 5.97 Å². The molecule has 2 rings (SSSR count). The molecule has 1 aromatic carbocycles. The molecular formula is C17H21N3O3. The molecular weight excluding hydrogens is 294 g/mol. The van der Waals surface area contributed by atoms with Crippen molar-refractivity contribution in [3.8, 4) is 0 Å². The van der Waals surface area contributed by atoms with Gasteiger partial charge in [0.05, 0.1) is 18.3 Å². The van der Waals surface area contributed by atoms with Crippen LogP contribution in [0.3, 0.4) is 0 Å². The van der Waals surface area contributed by atoms with Gasteiger partial charge in [0.15, 0.2) is 0 Å². The summed E-state index contributed by atoms with van der Waals surface area (Å²) in [4.78, 5) is 25.1. The number of nitrogens with zero attached hydrogens (tertiary/aromatic N) is 3. The molecule has 1 aromatic heterocycles. The number of hydrogen-bond donors (Lipinski definition) is 1. The number of aromatic nitrogens is 2. The predicted molar refractivity (Wildman–Crippen MR) is 86.3 cm³/mol. The van der Waals surface area contributed by atoms with Crippen LogP contribution in [0.4, 0.5) is 0 Å². The molecule has 1 heterocycles. The summed E-state index contributed by atoms with van der Waals surface area (Å²) in [6.07, 6.45) is 1.50. The van der Waals surface area contributed by atoms with Crippen LogP contribution in [-0.4, -0.2) is 44.3 Å². The van der Waals surface area contributed by atoms with E-state index < -0.39 is 11.5 Å². The maximum atomic E-state index is 12.6. The molecule has 6 heteroatoms. The van der Waals surface area contributed by atoms with Crippen LogP contribution < -0.4 is 0 Å². The minimum atomic E-state index is -1.29. The molecule has 0 radical (unpaired) electrons. The van der Waals surface area contributed by atoms with Crippen molar-refractivity contribution in [1.29, 1.82) is 0 Å². The Morgan fingerprint density at radius 2 is 1.87 bits per heavy atom. The Hall–Kier alpha value is -2.63. The van der Waals surface area contributed by atoms with Crippen LogP contribution in [0, 0.1) is 6.92 Å². The molecule has 2 aromatic rings. The number of hydrogen-bond acceptors (Lipinski definition) is 3. The number of rotatable bonds is 5. The highest BCUT2D eigenvalue weighted by Gasteiger charge is 2.36. The lowest BCUT2D eigenvalue weighted by molar-refractivity contribution is -0.147. The van der Waals surface area contributed by atoms with Crippen LogP contribution >= 0.6 is 0 Å². The first-order valence-electron chi connectivity index (χ1n) is 7.33. The van der Waals surface area contributed by atoms with E-state index in [1.165, 1.54) is 32.0 Å². The molecule has 0 bridgehead atoms. The van der Waals surface area contributed by atoms with Crippen LogP contribution in [0.15, 0.2) is 36.5 Å². The molecule has 1 amide bonds. The normalized spacial score (nSPS) is 11.3. The Balaban J connectivity index is 2.25. The molecule has 0 fully saturated rings. The zero-order chi connectivity index (χ0) is 17.2. The summed E-state index contributed by atoms with van der Waals surface area (Å²) in [6.45, 7) is 5.37. The van der Waals surface area contributed by atoms with Crippen molar-refractivity contribution in [3.63, 3.8) is 0 Å². The van der Waals surface area contributed by atoms with E-state index in [1.54, 1.807) is 4.68 Å². The third-order valence-corrected chi connectivity index (χ3v) is 4.18. The fourth-order valence-electron chi connectivity index (χ4n) is 2.15. The third-order valence-electron chi connectivity index (χ3n) is 4.18. The summed E-state index contributed by atoms with van der Waals surface area (Å²) in [7, 11) is 1.49. The van der Waals surface area contributed by atoms with Gasteiger partial charge in [-0.1, -0.05) is 30.3 Å². The molecule has 6 nitrogen and oxygen atoms in total. The standard InChI is InChI=1S/C17H21N3O3/c1-12-14(15(21)19(4)17(2,3)16(22)23)10-18-20(12)11-13-8-6-5-7-9-13/h5-10H,11H2,1-4H3,(H,22,23). The molecule has 0 aliphatic rings. The SMILES string of the molecule is Cc1c(C(=O)N(C)C(C)(C)C(=O)O)cnn1Cc1ccccc1. The highest BCUT2D eigenvalue weighted by Crippen LogP contribution is 2.19. The molecule has 122 valence electrons. The van der Waals surface area contributed by atoms with Crippen LogP contribution in [0.25, 0.3) is 0 Å². The van der Waals surface area contributed by atoms with Crippen molar-refractivity contribution in [2.24, 2.45) is 0 Å².